The third-order valence-corrected chi connectivity index (χ3v) is 5.75. The largest absolute Gasteiger partial charge is 0.492 e. The molecule has 0 saturated carbocycles. The third kappa shape index (κ3) is 2.53. The second-order valence-corrected chi connectivity index (χ2v) is 7.40. The van der Waals surface area contributed by atoms with E-state index in [0.717, 1.165) is 30.8 Å². The van der Waals surface area contributed by atoms with Crippen molar-refractivity contribution in [1.82, 2.24) is 9.80 Å². The summed E-state index contributed by atoms with van der Waals surface area (Å²) in [6.45, 7) is 6.83. The molecule has 3 aliphatic rings. The quantitative estimate of drug-likeness (QED) is 0.841. The van der Waals surface area contributed by atoms with Gasteiger partial charge < -0.3 is 9.64 Å². The first-order chi connectivity index (χ1) is 11.1. The molecule has 23 heavy (non-hydrogen) atoms. The minimum atomic E-state index is -0.115. The highest BCUT2D eigenvalue weighted by Crippen LogP contribution is 2.37. The number of rotatable bonds is 2. The van der Waals surface area contributed by atoms with Crippen molar-refractivity contribution in [3.63, 3.8) is 0 Å². The molecular weight excluding hydrogens is 288 g/mol. The molecule has 4 heteroatoms. The molecule has 0 spiro atoms. The van der Waals surface area contributed by atoms with Crippen molar-refractivity contribution in [2.45, 2.75) is 57.2 Å². The van der Waals surface area contributed by atoms with Crippen molar-refractivity contribution < 1.29 is 9.53 Å². The Morgan fingerprint density at radius 2 is 1.96 bits per heavy atom. The number of para-hydroxylation sites is 1. The van der Waals surface area contributed by atoms with Gasteiger partial charge >= 0.3 is 0 Å². The molecule has 1 aromatic rings. The van der Waals surface area contributed by atoms with Crippen molar-refractivity contribution in [2.24, 2.45) is 0 Å². The van der Waals surface area contributed by atoms with Crippen LogP contribution in [0.5, 0.6) is 5.75 Å². The molecule has 0 aliphatic carbocycles. The molecule has 0 unspecified atom stereocenters. The molecule has 2 saturated heterocycles. The molecule has 3 heterocycles. The monoisotopic (exact) mass is 314 g/mol. The van der Waals surface area contributed by atoms with E-state index in [-0.39, 0.29) is 11.8 Å². The van der Waals surface area contributed by atoms with Gasteiger partial charge in [-0.15, -0.1) is 0 Å². The molecule has 2 bridgehead atoms. The van der Waals surface area contributed by atoms with Gasteiger partial charge in [-0.25, -0.2) is 0 Å². The van der Waals surface area contributed by atoms with Crippen LogP contribution in [-0.2, 0) is 4.79 Å². The second-order valence-electron chi connectivity index (χ2n) is 7.40. The van der Waals surface area contributed by atoms with E-state index in [1.165, 1.54) is 12.8 Å². The zero-order valence-corrected chi connectivity index (χ0v) is 14.1. The number of carbonyl (C=O) groups is 1. The van der Waals surface area contributed by atoms with E-state index in [2.05, 4.69) is 23.6 Å². The Labute approximate surface area is 138 Å². The minimum Gasteiger partial charge on any atom is -0.492 e. The van der Waals surface area contributed by atoms with E-state index in [1.807, 2.05) is 24.3 Å². The smallest absolute Gasteiger partial charge is 0.233 e. The number of benzene rings is 1. The van der Waals surface area contributed by atoms with Gasteiger partial charge in [-0.2, -0.15) is 0 Å². The van der Waals surface area contributed by atoms with E-state index < -0.39 is 0 Å². The number of amides is 1. The maximum absolute atomic E-state index is 13.1. The summed E-state index contributed by atoms with van der Waals surface area (Å²) in [6.07, 6.45) is 3.63. The topological polar surface area (TPSA) is 32.8 Å². The molecule has 4 nitrogen and oxygen atoms in total. The van der Waals surface area contributed by atoms with Crippen LogP contribution in [0.3, 0.4) is 0 Å². The van der Waals surface area contributed by atoms with Crippen molar-refractivity contribution in [1.29, 1.82) is 0 Å². The van der Waals surface area contributed by atoms with E-state index in [4.69, 9.17) is 4.74 Å². The molecule has 3 atom stereocenters. The summed E-state index contributed by atoms with van der Waals surface area (Å²) < 4.78 is 5.72. The predicted molar refractivity (Wildman–Crippen MR) is 89.7 cm³/mol. The Morgan fingerprint density at radius 3 is 2.78 bits per heavy atom. The Hall–Kier alpha value is -1.55. The summed E-state index contributed by atoms with van der Waals surface area (Å²) >= 11 is 0. The predicted octanol–water partition coefficient (Wildman–Crippen LogP) is 2.64. The van der Waals surface area contributed by atoms with Crippen molar-refractivity contribution in [3.8, 4) is 5.75 Å². The molecular formula is C19H26N2O2. The number of fused-ring (bicyclic) bond motifs is 3. The van der Waals surface area contributed by atoms with Crippen LogP contribution in [0.2, 0.25) is 0 Å². The van der Waals surface area contributed by atoms with Crippen molar-refractivity contribution in [2.75, 3.05) is 19.7 Å². The first-order valence-electron chi connectivity index (χ1n) is 8.93. The summed E-state index contributed by atoms with van der Waals surface area (Å²) in [5.74, 6) is 1.02. The normalized spacial score (nSPS) is 30.2. The summed E-state index contributed by atoms with van der Waals surface area (Å²) in [4.78, 5) is 17.8. The van der Waals surface area contributed by atoms with Crippen LogP contribution < -0.4 is 4.74 Å². The highest BCUT2D eigenvalue weighted by atomic mass is 16.5. The molecule has 3 aliphatic heterocycles. The number of hydrogen-bond donors (Lipinski definition) is 0. The van der Waals surface area contributed by atoms with Gasteiger partial charge in [0, 0.05) is 36.8 Å². The van der Waals surface area contributed by atoms with E-state index >= 15 is 0 Å². The van der Waals surface area contributed by atoms with Crippen LogP contribution in [0.1, 0.15) is 44.6 Å². The lowest BCUT2D eigenvalue weighted by molar-refractivity contribution is -0.133. The molecule has 124 valence electrons. The zero-order valence-electron chi connectivity index (χ0n) is 14.1. The van der Waals surface area contributed by atoms with Gasteiger partial charge in [0.25, 0.3) is 0 Å². The van der Waals surface area contributed by atoms with Gasteiger partial charge in [-0.05, 0) is 39.2 Å². The first kappa shape index (κ1) is 15.0. The van der Waals surface area contributed by atoms with Crippen LogP contribution in [0, 0.1) is 0 Å². The zero-order chi connectivity index (χ0) is 16.0. The van der Waals surface area contributed by atoms with Gasteiger partial charge in [-0.3, -0.25) is 9.69 Å². The third-order valence-electron chi connectivity index (χ3n) is 5.75. The minimum absolute atomic E-state index is 0.115. The number of likely N-dealkylation sites (tertiary alicyclic amines) is 1. The molecule has 0 radical (unpaired) electrons. The molecule has 1 amide bonds. The van der Waals surface area contributed by atoms with Crippen molar-refractivity contribution >= 4 is 5.91 Å². The van der Waals surface area contributed by atoms with E-state index in [1.54, 1.807) is 0 Å². The maximum Gasteiger partial charge on any atom is 0.233 e. The van der Waals surface area contributed by atoms with Crippen LogP contribution in [-0.4, -0.2) is 53.5 Å². The fraction of sp³-hybridized carbons (Fsp3) is 0.632. The average Bonchev–Trinajstić information content (AvgIpc) is 3.07. The van der Waals surface area contributed by atoms with E-state index in [0.29, 0.717) is 24.7 Å². The van der Waals surface area contributed by atoms with Crippen LogP contribution in [0.25, 0.3) is 0 Å². The van der Waals surface area contributed by atoms with Crippen LogP contribution >= 0.6 is 0 Å². The number of nitrogens with zero attached hydrogens (tertiary/aromatic N) is 2. The Morgan fingerprint density at radius 1 is 1.17 bits per heavy atom. The molecule has 2 fully saturated rings. The number of hydrogen-bond acceptors (Lipinski definition) is 3. The lowest BCUT2D eigenvalue weighted by atomic mass is 9.99. The number of carbonyl (C=O) groups excluding carboxylic acids is 1. The van der Waals surface area contributed by atoms with Gasteiger partial charge in [0.05, 0.1) is 0 Å². The molecule has 0 N–H and O–H groups in total. The van der Waals surface area contributed by atoms with Gasteiger partial charge in [-0.1, -0.05) is 18.2 Å². The SMILES string of the molecule is CC(C)N1[C@H]2CC[C@H]1CN(C(=O)[C@H]1COc3ccccc31)CC2. The van der Waals surface area contributed by atoms with Gasteiger partial charge in [0.1, 0.15) is 18.3 Å². The van der Waals surface area contributed by atoms with Crippen LogP contribution in [0.4, 0.5) is 0 Å². The lowest BCUT2D eigenvalue weighted by Gasteiger charge is -2.32. The van der Waals surface area contributed by atoms with Gasteiger partial charge in [0.2, 0.25) is 5.91 Å². The highest BCUT2D eigenvalue weighted by Gasteiger charge is 2.41. The summed E-state index contributed by atoms with van der Waals surface area (Å²) in [5, 5.41) is 0. The average molecular weight is 314 g/mol. The van der Waals surface area contributed by atoms with E-state index in [9.17, 15) is 4.79 Å². The molecule has 1 aromatic carbocycles. The molecule has 4 rings (SSSR count). The fourth-order valence-electron chi connectivity index (χ4n) is 4.74. The Balaban J connectivity index is 1.52. The Kier molecular flexibility index (Phi) is 3.80. The lowest BCUT2D eigenvalue weighted by Crippen LogP contribution is -2.45. The highest BCUT2D eigenvalue weighted by molar-refractivity contribution is 5.85. The first-order valence-corrected chi connectivity index (χ1v) is 8.93. The van der Waals surface area contributed by atoms with Crippen LogP contribution in [0.15, 0.2) is 24.3 Å². The summed E-state index contributed by atoms with van der Waals surface area (Å²) in [5.41, 5.74) is 1.06. The second kappa shape index (κ2) is 5.82. The van der Waals surface area contributed by atoms with Crippen molar-refractivity contribution in [3.05, 3.63) is 29.8 Å². The maximum atomic E-state index is 13.1. The molecule has 0 aromatic heterocycles. The Bertz CT molecular complexity index is 601. The summed E-state index contributed by atoms with van der Waals surface area (Å²) in [6, 6.07) is 9.73. The fourth-order valence-corrected chi connectivity index (χ4v) is 4.74. The van der Waals surface area contributed by atoms with Gasteiger partial charge in [0.15, 0.2) is 0 Å². The summed E-state index contributed by atoms with van der Waals surface area (Å²) in [7, 11) is 0. The standard InChI is InChI=1S/C19H26N2O2/c1-13(2)21-14-7-8-15(21)11-20(10-9-14)19(22)17-12-23-18-6-4-3-5-16(17)18/h3-6,13-15,17H,7-12H2,1-2H3/t14-,15-,17-/m0/s1. The number of ether oxygens (including phenoxy) is 1.